The highest BCUT2D eigenvalue weighted by molar-refractivity contribution is 6.12. The van der Waals surface area contributed by atoms with E-state index in [-0.39, 0.29) is 0 Å². The Balaban J connectivity index is 0.834. The van der Waals surface area contributed by atoms with Crippen molar-refractivity contribution in [1.29, 1.82) is 0 Å². The van der Waals surface area contributed by atoms with Gasteiger partial charge in [-0.1, -0.05) is 129 Å². The highest BCUT2D eigenvalue weighted by Crippen LogP contribution is 2.57. The molecule has 4 heterocycles. The lowest BCUT2D eigenvalue weighted by atomic mass is 9.73. The summed E-state index contributed by atoms with van der Waals surface area (Å²) in [6.07, 6.45) is -11.6. The zero-order chi connectivity index (χ0) is 61.0. The average molecular weight is 1160 g/mol. The van der Waals surface area contributed by atoms with Crippen LogP contribution in [0.15, 0.2) is 194 Å². The number of rotatable bonds is 10. The van der Waals surface area contributed by atoms with Crippen LogP contribution in [0, 0.1) is 27.7 Å². The van der Waals surface area contributed by atoms with Crippen LogP contribution in [-0.4, -0.2) is 30.6 Å². The van der Waals surface area contributed by atoms with Crippen molar-refractivity contribution < 1.29 is 26.3 Å². The second-order valence-corrected chi connectivity index (χ2v) is 25.3. The van der Waals surface area contributed by atoms with E-state index >= 15 is 26.3 Å². The average Bonchev–Trinajstić information content (AvgIpc) is 1.42. The van der Waals surface area contributed by atoms with Gasteiger partial charge in [0.1, 0.15) is 0 Å². The molecule has 0 aliphatic carbocycles. The molecule has 0 aliphatic rings. The van der Waals surface area contributed by atoms with E-state index in [9.17, 15) is 0 Å². The minimum Gasteiger partial charge on any atom is -0.341 e. The molecule has 14 aromatic rings. The first-order chi connectivity index (χ1) is 41.4. The summed E-state index contributed by atoms with van der Waals surface area (Å²) in [7, 11) is 0. The van der Waals surface area contributed by atoms with Crippen molar-refractivity contribution in [2.75, 3.05) is 0 Å². The second-order valence-electron chi connectivity index (χ2n) is 25.3. The number of nitrogens with zero attached hydrogens (tertiary/aromatic N) is 4. The van der Waals surface area contributed by atoms with E-state index in [1.165, 1.54) is 79.0 Å². The monoisotopic (exact) mass is 1160 g/mol. The van der Waals surface area contributed by atoms with Crippen LogP contribution < -0.4 is 0 Å². The van der Waals surface area contributed by atoms with Gasteiger partial charge in [0.25, 0.3) is 0 Å². The predicted octanol–water partition coefficient (Wildman–Crippen LogP) is 21.4. The van der Waals surface area contributed by atoms with E-state index in [2.05, 4.69) is 174 Å². The largest absolute Gasteiger partial charge is 0.411 e. The first-order valence-corrected chi connectivity index (χ1v) is 30.0. The number of halogens is 6. The molecular weight excluding hydrogens is 1090 g/mol. The Bertz CT molecular complexity index is 5120. The molecule has 87 heavy (non-hydrogen) atoms. The minimum absolute atomic E-state index is 0.431. The maximum Gasteiger partial charge on any atom is 0.411 e. The third kappa shape index (κ3) is 8.25. The standard InChI is InChI=1S/C77H66F6N4/c1-11-84-66-31-14-46(4)38-59(66)62-41-51(22-34-67(62)84)73(7,8)52-23-35-70-63(42-52)60-39-47(5)15-32-68(60)86(70)55-25-17-49(18-26-55)75(76(78,79)80,77(81,82)83)50-19-27-56(28-20-50)87-69-33-16-48(6)40-61(69)64-43-53(24-36-71(64)87)74(9,10)54-21-29-57-58-37-45(3)13-30-65(58)85(12-2)72(57)44-54/h13-44H,11-12H2,1-10H3. The molecule has 0 unspecified atom stereocenters. The van der Waals surface area contributed by atoms with E-state index in [1.54, 1.807) is 0 Å². The number of aryl methyl sites for hydroxylation is 6. The normalized spacial score (nSPS) is 13.1. The van der Waals surface area contributed by atoms with E-state index in [4.69, 9.17) is 0 Å². The van der Waals surface area contributed by atoms with E-state index in [1.807, 2.05) is 59.4 Å². The summed E-state index contributed by atoms with van der Waals surface area (Å²) in [4.78, 5) is 0. The van der Waals surface area contributed by atoms with Crippen molar-refractivity contribution in [3.05, 3.63) is 250 Å². The van der Waals surface area contributed by atoms with Gasteiger partial charge in [0, 0.05) is 100 Å². The van der Waals surface area contributed by atoms with Gasteiger partial charge in [0.15, 0.2) is 0 Å². The van der Waals surface area contributed by atoms with Crippen LogP contribution in [0.4, 0.5) is 26.3 Å². The van der Waals surface area contributed by atoms with Gasteiger partial charge in [0.05, 0.1) is 22.1 Å². The number of fused-ring (bicyclic) bond motifs is 12. The van der Waals surface area contributed by atoms with Crippen molar-refractivity contribution in [3.8, 4) is 11.4 Å². The summed E-state index contributed by atoms with van der Waals surface area (Å²) >= 11 is 0. The molecule has 0 amide bonds. The van der Waals surface area contributed by atoms with Gasteiger partial charge in [-0.3, -0.25) is 0 Å². The maximum atomic E-state index is 16.0. The van der Waals surface area contributed by atoms with Crippen LogP contribution in [0.2, 0.25) is 0 Å². The summed E-state index contributed by atoms with van der Waals surface area (Å²) in [6.45, 7) is 23.1. The second kappa shape index (κ2) is 19.5. The first kappa shape index (κ1) is 55.8. The molecule has 436 valence electrons. The summed E-state index contributed by atoms with van der Waals surface area (Å²) in [5.41, 5.74) is 10.4. The first-order valence-electron chi connectivity index (χ1n) is 30.0. The highest BCUT2D eigenvalue weighted by atomic mass is 19.4. The SMILES string of the molecule is CCn1c2ccc(C)cc2c2cc(C(C)(C)c3ccc4c(c3)c3cc(C)ccc3n4-c3ccc(C(c4ccc(-n5c6ccc(C)cc6c6cc(C(C)(C)c7ccc8c9cc(C)ccc9n(CC)c8c7)ccc65)cc4)(C(F)(F)F)C(F)(F)F)cc3)ccc21. The van der Waals surface area contributed by atoms with Crippen molar-refractivity contribution >= 4 is 87.2 Å². The van der Waals surface area contributed by atoms with Gasteiger partial charge < -0.3 is 18.3 Å². The predicted molar refractivity (Wildman–Crippen MR) is 348 cm³/mol. The van der Waals surface area contributed by atoms with E-state index < -0.39 is 39.7 Å². The van der Waals surface area contributed by atoms with Gasteiger partial charge in [-0.15, -0.1) is 0 Å². The molecule has 14 rings (SSSR count). The topological polar surface area (TPSA) is 19.7 Å². The number of benzene rings is 10. The Kier molecular flexibility index (Phi) is 12.5. The minimum atomic E-state index is -5.79. The van der Waals surface area contributed by atoms with Gasteiger partial charge in [-0.2, -0.15) is 26.3 Å². The molecule has 0 saturated carbocycles. The molecule has 0 radical (unpaired) electrons. The van der Waals surface area contributed by atoms with Crippen molar-refractivity contribution in [1.82, 2.24) is 18.3 Å². The third-order valence-electron chi connectivity index (χ3n) is 19.4. The maximum absolute atomic E-state index is 16.0. The Morgan fingerprint density at radius 3 is 0.908 bits per heavy atom. The molecule has 0 spiro atoms. The van der Waals surface area contributed by atoms with Gasteiger partial charge in [0.2, 0.25) is 5.41 Å². The lowest BCUT2D eigenvalue weighted by Crippen LogP contribution is -2.54. The summed E-state index contributed by atoms with van der Waals surface area (Å²) in [6, 6.07) is 60.7. The molecule has 0 aliphatic heterocycles. The van der Waals surface area contributed by atoms with E-state index in [0.29, 0.717) is 11.4 Å². The summed E-state index contributed by atoms with van der Waals surface area (Å²) in [5.74, 6) is 0. The molecule has 0 bridgehead atoms. The zero-order valence-corrected chi connectivity index (χ0v) is 50.4. The lowest BCUT2D eigenvalue weighted by molar-refractivity contribution is -0.288. The van der Waals surface area contributed by atoms with Crippen molar-refractivity contribution in [2.24, 2.45) is 0 Å². The van der Waals surface area contributed by atoms with Crippen LogP contribution in [0.25, 0.3) is 98.6 Å². The molecular formula is C77H66F6N4. The van der Waals surface area contributed by atoms with Crippen molar-refractivity contribution in [2.45, 2.75) is 111 Å². The molecule has 10 aromatic carbocycles. The molecule has 0 saturated heterocycles. The number of hydrogen-bond donors (Lipinski definition) is 0. The quantitative estimate of drug-likeness (QED) is 0.122. The molecule has 0 fully saturated rings. The Hall–Kier alpha value is -9.02. The smallest absolute Gasteiger partial charge is 0.341 e. The van der Waals surface area contributed by atoms with Crippen LogP contribution in [-0.2, 0) is 29.3 Å². The lowest BCUT2D eigenvalue weighted by Gasteiger charge is -2.38. The number of hydrogen-bond acceptors (Lipinski definition) is 0. The van der Waals surface area contributed by atoms with E-state index in [0.717, 1.165) is 114 Å². The zero-order valence-electron chi connectivity index (χ0n) is 50.4. The summed E-state index contributed by atoms with van der Waals surface area (Å²) < 4.78 is 105. The number of alkyl halides is 6. The highest BCUT2D eigenvalue weighted by Gasteiger charge is 2.72. The molecule has 10 heteroatoms. The number of aromatic nitrogens is 4. The Morgan fingerprint density at radius 2 is 0.540 bits per heavy atom. The van der Waals surface area contributed by atoms with Gasteiger partial charge in [-0.25, -0.2) is 0 Å². The molecule has 0 N–H and O–H groups in total. The Labute approximate surface area is 501 Å². The fourth-order valence-corrected chi connectivity index (χ4v) is 14.5. The van der Waals surface area contributed by atoms with Crippen LogP contribution in [0.5, 0.6) is 0 Å². The summed E-state index contributed by atoms with van der Waals surface area (Å²) in [5, 5.41) is 8.52. The molecule has 4 nitrogen and oxygen atoms in total. The third-order valence-corrected chi connectivity index (χ3v) is 19.4. The van der Waals surface area contributed by atoms with Gasteiger partial charge in [-0.05, 0) is 190 Å². The van der Waals surface area contributed by atoms with Crippen molar-refractivity contribution in [3.63, 3.8) is 0 Å². The molecule has 4 aromatic heterocycles. The Morgan fingerprint density at radius 1 is 0.276 bits per heavy atom. The van der Waals surface area contributed by atoms with Crippen LogP contribution in [0.3, 0.4) is 0 Å². The van der Waals surface area contributed by atoms with Crippen LogP contribution >= 0.6 is 0 Å². The molecule has 0 atom stereocenters. The fraction of sp³-hybridized carbons (Fsp3) is 0.221. The van der Waals surface area contributed by atoms with Crippen LogP contribution in [0.1, 0.15) is 97.2 Å². The fourth-order valence-electron chi connectivity index (χ4n) is 14.5. The van der Waals surface area contributed by atoms with Gasteiger partial charge >= 0.3 is 12.4 Å².